The van der Waals surface area contributed by atoms with Crippen molar-refractivity contribution in [3.63, 3.8) is 0 Å². The Morgan fingerprint density at radius 1 is 0.944 bits per heavy atom. The monoisotopic (exact) mass is 483 g/mol. The minimum Gasteiger partial charge on any atom is -0.322 e. The van der Waals surface area contributed by atoms with Gasteiger partial charge >= 0.3 is 0 Å². The summed E-state index contributed by atoms with van der Waals surface area (Å²) in [4.78, 5) is 40.9. The standard InChI is InChI=1S/C28H29N5O3/c34-26-9-8-25(27(35)30-26)32-17-21-16-20(6-7-24(21)28(32)36)19-11-14-31(15-12-19)18-23-10-13-29-33(23)22-4-2-1-3-5-22/h1-7,10,13,16,19,25H,8-9,11-12,14-15,17-18H2,(H,30,34,35). The summed E-state index contributed by atoms with van der Waals surface area (Å²) in [6.45, 7) is 3.30. The Labute approximate surface area is 209 Å². The molecule has 2 saturated heterocycles. The number of benzene rings is 2. The number of carbonyl (C=O) groups excluding carboxylic acids is 3. The number of aromatic nitrogens is 2. The number of nitrogens with zero attached hydrogens (tertiary/aromatic N) is 4. The van der Waals surface area contributed by atoms with Crippen LogP contribution in [0, 0.1) is 0 Å². The fraction of sp³-hybridized carbons (Fsp3) is 0.357. The van der Waals surface area contributed by atoms with Gasteiger partial charge in [0.2, 0.25) is 11.8 Å². The quantitative estimate of drug-likeness (QED) is 0.564. The summed E-state index contributed by atoms with van der Waals surface area (Å²) in [6, 6.07) is 17.9. The van der Waals surface area contributed by atoms with Crippen molar-refractivity contribution >= 4 is 17.7 Å². The fourth-order valence-corrected chi connectivity index (χ4v) is 5.75. The number of nitrogens with one attached hydrogen (secondary N) is 1. The van der Waals surface area contributed by atoms with E-state index in [9.17, 15) is 14.4 Å². The Balaban J connectivity index is 1.10. The second-order valence-corrected chi connectivity index (χ2v) is 9.94. The average molecular weight is 484 g/mol. The van der Waals surface area contributed by atoms with Gasteiger partial charge < -0.3 is 4.90 Å². The number of piperidine rings is 2. The van der Waals surface area contributed by atoms with Crippen molar-refractivity contribution in [1.29, 1.82) is 0 Å². The van der Waals surface area contributed by atoms with E-state index >= 15 is 0 Å². The number of carbonyl (C=O) groups is 3. The maximum absolute atomic E-state index is 13.0. The summed E-state index contributed by atoms with van der Waals surface area (Å²) in [5.74, 6) is -0.298. The summed E-state index contributed by atoms with van der Waals surface area (Å²) in [5.41, 5.74) is 5.18. The number of rotatable bonds is 5. The molecule has 0 aliphatic carbocycles. The van der Waals surface area contributed by atoms with E-state index in [1.165, 1.54) is 11.3 Å². The highest BCUT2D eigenvalue weighted by Crippen LogP contribution is 2.34. The molecule has 0 bridgehead atoms. The Kier molecular flexibility index (Phi) is 5.89. The summed E-state index contributed by atoms with van der Waals surface area (Å²) < 4.78 is 2.01. The molecule has 1 aromatic heterocycles. The van der Waals surface area contributed by atoms with Gasteiger partial charge in [-0.25, -0.2) is 4.68 Å². The lowest BCUT2D eigenvalue weighted by Crippen LogP contribution is -2.52. The van der Waals surface area contributed by atoms with E-state index in [0.717, 1.165) is 43.7 Å². The molecule has 1 atom stereocenters. The Morgan fingerprint density at radius 2 is 1.75 bits per heavy atom. The molecular weight excluding hydrogens is 454 g/mol. The minimum atomic E-state index is -0.571. The first-order valence-electron chi connectivity index (χ1n) is 12.6. The van der Waals surface area contributed by atoms with Crippen LogP contribution in [0.15, 0.2) is 60.8 Å². The normalized spacial score (nSPS) is 21.1. The van der Waals surface area contributed by atoms with Crippen molar-refractivity contribution in [3.8, 4) is 5.69 Å². The van der Waals surface area contributed by atoms with E-state index in [2.05, 4.69) is 45.6 Å². The lowest BCUT2D eigenvalue weighted by Gasteiger charge is -2.32. The SMILES string of the molecule is O=C1CCC(N2Cc3cc(C4CCN(Cc5ccnn5-c5ccccc5)CC4)ccc3C2=O)C(=O)N1. The van der Waals surface area contributed by atoms with Gasteiger partial charge in [0.15, 0.2) is 0 Å². The molecule has 36 heavy (non-hydrogen) atoms. The van der Waals surface area contributed by atoms with Gasteiger partial charge in [-0.05, 0) is 73.7 Å². The zero-order chi connectivity index (χ0) is 24.6. The smallest absolute Gasteiger partial charge is 0.255 e. The molecule has 2 aromatic carbocycles. The molecule has 0 spiro atoms. The van der Waals surface area contributed by atoms with E-state index in [1.54, 1.807) is 4.90 Å². The molecule has 4 heterocycles. The Morgan fingerprint density at radius 3 is 2.53 bits per heavy atom. The molecule has 1 unspecified atom stereocenters. The van der Waals surface area contributed by atoms with Gasteiger partial charge in [0.25, 0.3) is 5.91 Å². The van der Waals surface area contributed by atoms with Gasteiger partial charge in [0.1, 0.15) is 6.04 Å². The summed E-state index contributed by atoms with van der Waals surface area (Å²) in [5, 5.41) is 6.89. The molecule has 184 valence electrons. The molecule has 1 N–H and O–H groups in total. The van der Waals surface area contributed by atoms with Gasteiger partial charge in [-0.1, -0.05) is 30.3 Å². The molecule has 0 radical (unpaired) electrons. The van der Waals surface area contributed by atoms with Crippen LogP contribution in [0.5, 0.6) is 0 Å². The third kappa shape index (κ3) is 4.22. The Hall–Kier alpha value is -3.78. The van der Waals surface area contributed by atoms with Crippen molar-refractivity contribution in [2.75, 3.05) is 13.1 Å². The van der Waals surface area contributed by atoms with Crippen LogP contribution in [0.25, 0.3) is 5.69 Å². The molecule has 3 aromatic rings. The van der Waals surface area contributed by atoms with Crippen LogP contribution < -0.4 is 5.32 Å². The second kappa shape index (κ2) is 9.35. The van der Waals surface area contributed by atoms with Crippen LogP contribution in [0.3, 0.4) is 0 Å². The number of hydrogen-bond donors (Lipinski definition) is 1. The third-order valence-corrected chi connectivity index (χ3v) is 7.71. The van der Waals surface area contributed by atoms with Gasteiger partial charge in [-0.15, -0.1) is 0 Å². The van der Waals surface area contributed by atoms with Crippen molar-refractivity contribution in [1.82, 2.24) is 24.9 Å². The summed E-state index contributed by atoms with van der Waals surface area (Å²) >= 11 is 0. The minimum absolute atomic E-state index is 0.115. The van der Waals surface area contributed by atoms with Crippen molar-refractivity contribution in [2.24, 2.45) is 0 Å². The highest BCUT2D eigenvalue weighted by molar-refractivity contribution is 6.05. The predicted octanol–water partition coefficient (Wildman–Crippen LogP) is 3.01. The Bertz CT molecular complexity index is 1310. The average Bonchev–Trinajstić information content (AvgIpc) is 3.49. The molecule has 8 nitrogen and oxygen atoms in total. The number of imide groups is 1. The molecule has 8 heteroatoms. The molecule has 2 fully saturated rings. The van der Waals surface area contributed by atoms with Gasteiger partial charge in [0.05, 0.1) is 11.4 Å². The highest BCUT2D eigenvalue weighted by atomic mass is 16.2. The zero-order valence-corrected chi connectivity index (χ0v) is 20.1. The lowest BCUT2D eigenvalue weighted by molar-refractivity contribution is -0.136. The van der Waals surface area contributed by atoms with E-state index in [1.807, 2.05) is 35.1 Å². The number of hydrogen-bond acceptors (Lipinski definition) is 5. The number of amides is 3. The van der Waals surface area contributed by atoms with Gasteiger partial charge in [-0.2, -0.15) is 5.10 Å². The highest BCUT2D eigenvalue weighted by Gasteiger charge is 2.39. The maximum Gasteiger partial charge on any atom is 0.255 e. The van der Waals surface area contributed by atoms with E-state index in [-0.39, 0.29) is 24.1 Å². The van der Waals surface area contributed by atoms with E-state index < -0.39 is 6.04 Å². The van der Waals surface area contributed by atoms with Crippen LogP contribution in [0.4, 0.5) is 0 Å². The third-order valence-electron chi connectivity index (χ3n) is 7.71. The first kappa shape index (κ1) is 22.7. The van der Waals surface area contributed by atoms with Crippen molar-refractivity contribution < 1.29 is 14.4 Å². The van der Waals surface area contributed by atoms with Crippen LogP contribution in [-0.4, -0.2) is 56.4 Å². The predicted molar refractivity (Wildman–Crippen MR) is 133 cm³/mol. The van der Waals surface area contributed by atoms with E-state index in [0.29, 0.717) is 24.4 Å². The van der Waals surface area contributed by atoms with E-state index in [4.69, 9.17) is 0 Å². The van der Waals surface area contributed by atoms with Crippen LogP contribution in [-0.2, 0) is 22.7 Å². The maximum atomic E-state index is 13.0. The molecule has 0 saturated carbocycles. The largest absolute Gasteiger partial charge is 0.322 e. The van der Waals surface area contributed by atoms with Gasteiger partial charge in [0, 0.05) is 31.3 Å². The van der Waals surface area contributed by atoms with Crippen LogP contribution >= 0.6 is 0 Å². The van der Waals surface area contributed by atoms with Crippen molar-refractivity contribution in [3.05, 3.63) is 83.2 Å². The van der Waals surface area contributed by atoms with Gasteiger partial charge in [-0.3, -0.25) is 24.6 Å². The second-order valence-electron chi connectivity index (χ2n) is 9.94. The number of likely N-dealkylation sites (tertiary alicyclic amines) is 1. The molecule has 3 aliphatic rings. The van der Waals surface area contributed by atoms with Crippen molar-refractivity contribution in [2.45, 2.75) is 50.7 Å². The number of para-hydroxylation sites is 1. The topological polar surface area (TPSA) is 87.5 Å². The first-order chi connectivity index (χ1) is 17.6. The fourth-order valence-electron chi connectivity index (χ4n) is 5.75. The lowest BCUT2D eigenvalue weighted by atomic mass is 9.88. The number of fused-ring (bicyclic) bond motifs is 1. The summed E-state index contributed by atoms with van der Waals surface area (Å²) in [7, 11) is 0. The molecule has 6 rings (SSSR count). The molecular formula is C28H29N5O3. The van der Waals surface area contributed by atoms with Crippen LogP contribution in [0.2, 0.25) is 0 Å². The zero-order valence-electron chi connectivity index (χ0n) is 20.1. The summed E-state index contributed by atoms with van der Waals surface area (Å²) in [6.07, 6.45) is 4.64. The molecule has 3 aliphatic heterocycles. The molecule has 3 amide bonds. The first-order valence-corrected chi connectivity index (χ1v) is 12.6. The van der Waals surface area contributed by atoms with Crippen LogP contribution in [0.1, 0.15) is 58.8 Å².